The molecule has 0 bridgehead atoms. The molecular formula is C26H23ClF3N4O6S2-. The van der Waals surface area contributed by atoms with Crippen LogP contribution in [0.25, 0.3) is 0 Å². The molecule has 16 heteroatoms. The molecule has 5 rings (SSSR count). The number of hydrogen-bond acceptors (Lipinski definition) is 10. The number of alkyl halides is 3. The predicted molar refractivity (Wildman–Crippen MR) is 145 cm³/mol. The van der Waals surface area contributed by atoms with Crippen LogP contribution in [0.15, 0.2) is 47.1 Å². The number of carbonyl (C=O) groups is 1. The fourth-order valence-corrected chi connectivity index (χ4v) is 6.77. The van der Waals surface area contributed by atoms with Gasteiger partial charge in [0.25, 0.3) is 5.91 Å². The van der Waals surface area contributed by atoms with Crippen molar-refractivity contribution >= 4 is 44.7 Å². The summed E-state index contributed by atoms with van der Waals surface area (Å²) in [5.74, 6) is -1.24. The number of halogens is 4. The molecule has 1 saturated heterocycles. The Morgan fingerprint density at radius 2 is 2.00 bits per heavy atom. The van der Waals surface area contributed by atoms with Crippen molar-refractivity contribution in [2.75, 3.05) is 19.7 Å². The summed E-state index contributed by atoms with van der Waals surface area (Å²) in [7, 11) is -4.54. The van der Waals surface area contributed by atoms with Crippen LogP contribution in [-0.2, 0) is 31.7 Å². The Balaban J connectivity index is 1.15. The summed E-state index contributed by atoms with van der Waals surface area (Å²) in [6, 6.07) is 6.26. The summed E-state index contributed by atoms with van der Waals surface area (Å²) in [5.41, 5.74) is 0.931. The average molecular weight is 644 g/mol. The van der Waals surface area contributed by atoms with Crippen LogP contribution in [0.3, 0.4) is 0 Å². The minimum Gasteiger partial charge on any atom is -0.748 e. The van der Waals surface area contributed by atoms with Crippen molar-refractivity contribution in [2.45, 2.75) is 43.2 Å². The lowest BCUT2D eigenvalue weighted by Crippen LogP contribution is -2.40. The van der Waals surface area contributed by atoms with Crippen LogP contribution >= 0.6 is 22.9 Å². The van der Waals surface area contributed by atoms with Gasteiger partial charge in [0.05, 0.1) is 32.1 Å². The van der Waals surface area contributed by atoms with Gasteiger partial charge >= 0.3 is 6.18 Å². The van der Waals surface area contributed by atoms with E-state index in [1.807, 2.05) is 5.38 Å². The van der Waals surface area contributed by atoms with E-state index in [9.17, 15) is 30.9 Å². The quantitative estimate of drug-likeness (QED) is 0.316. The van der Waals surface area contributed by atoms with Gasteiger partial charge in [-0.2, -0.15) is 13.2 Å². The Hall–Kier alpha value is -3.27. The van der Waals surface area contributed by atoms with Gasteiger partial charge in [-0.05, 0) is 30.5 Å². The molecule has 0 N–H and O–H groups in total. The highest BCUT2D eigenvalue weighted by Gasteiger charge is 2.32. The molecule has 42 heavy (non-hydrogen) atoms. The molecule has 3 aromatic rings. The van der Waals surface area contributed by atoms with Crippen LogP contribution in [0, 0.1) is 0 Å². The molecule has 1 amide bonds. The van der Waals surface area contributed by atoms with E-state index in [1.54, 1.807) is 17.0 Å². The summed E-state index contributed by atoms with van der Waals surface area (Å²) in [5, 5.41) is 7.13. The van der Waals surface area contributed by atoms with Gasteiger partial charge in [0, 0.05) is 53.7 Å². The SMILES string of the molecule is O=C(COc1cc(C(F)(F)F)ccn1)N1CCC(c2nc(C3=NOC(c4c(Cl)cccc4CS(=O)(=O)[O-])C3)cs2)CC1. The van der Waals surface area contributed by atoms with Crippen LogP contribution in [0.4, 0.5) is 13.2 Å². The predicted octanol–water partition coefficient (Wildman–Crippen LogP) is 4.91. The molecular weight excluding hydrogens is 621 g/mol. The molecule has 0 radical (unpaired) electrons. The highest BCUT2D eigenvalue weighted by Crippen LogP contribution is 2.38. The van der Waals surface area contributed by atoms with Crippen LogP contribution in [0.1, 0.15) is 58.7 Å². The van der Waals surface area contributed by atoms with Gasteiger partial charge < -0.3 is 19.0 Å². The average Bonchev–Trinajstić information content (AvgIpc) is 3.61. The van der Waals surface area contributed by atoms with E-state index in [1.165, 1.54) is 17.4 Å². The van der Waals surface area contributed by atoms with Crippen molar-refractivity contribution in [1.29, 1.82) is 0 Å². The largest absolute Gasteiger partial charge is 0.748 e. The molecule has 0 aliphatic carbocycles. The third kappa shape index (κ3) is 7.19. The molecule has 2 aliphatic rings. The van der Waals surface area contributed by atoms with E-state index < -0.39 is 40.3 Å². The number of oxime groups is 1. The number of pyridine rings is 1. The Bertz CT molecular complexity index is 1610. The second kappa shape index (κ2) is 12.1. The lowest BCUT2D eigenvalue weighted by Gasteiger charge is -2.31. The first kappa shape index (κ1) is 30.2. The third-order valence-electron chi connectivity index (χ3n) is 6.89. The van der Waals surface area contributed by atoms with Gasteiger partial charge in [0.1, 0.15) is 5.71 Å². The molecule has 1 aromatic carbocycles. The lowest BCUT2D eigenvalue weighted by atomic mass is 9.97. The number of carbonyl (C=O) groups excluding carboxylic acids is 1. The maximum Gasteiger partial charge on any atom is 0.416 e. The first-order valence-corrected chi connectivity index (χ1v) is 15.5. The molecule has 1 atom stereocenters. The highest BCUT2D eigenvalue weighted by atomic mass is 35.5. The molecule has 10 nitrogen and oxygen atoms in total. The molecule has 0 spiro atoms. The maximum atomic E-state index is 12.9. The minimum absolute atomic E-state index is 0.0926. The zero-order valence-electron chi connectivity index (χ0n) is 21.7. The number of amides is 1. The van der Waals surface area contributed by atoms with E-state index in [0.717, 1.165) is 23.3 Å². The minimum atomic E-state index is -4.54. The summed E-state index contributed by atoms with van der Waals surface area (Å²) in [6.45, 7) is 0.443. The molecule has 1 fully saturated rings. The summed E-state index contributed by atoms with van der Waals surface area (Å²) >= 11 is 7.78. The number of piperidine rings is 1. The number of nitrogens with zero attached hydrogens (tertiary/aromatic N) is 4. The fraction of sp³-hybridized carbons (Fsp3) is 0.385. The van der Waals surface area contributed by atoms with Gasteiger partial charge in [-0.25, -0.2) is 18.4 Å². The summed E-state index contributed by atoms with van der Waals surface area (Å²) in [4.78, 5) is 28.2. The Labute approximate surface area is 247 Å². The van der Waals surface area contributed by atoms with Crippen molar-refractivity contribution in [2.24, 2.45) is 5.16 Å². The summed E-state index contributed by atoms with van der Waals surface area (Å²) < 4.78 is 78.0. The maximum absolute atomic E-state index is 12.9. The van der Waals surface area contributed by atoms with Crippen molar-refractivity contribution in [3.8, 4) is 5.88 Å². The number of hydrogen-bond donors (Lipinski definition) is 0. The standard InChI is InChI=1S/C26H24ClF3N4O6S2/c27-18-3-1-2-16(14-42(36,37)38)24(18)21-11-19(33-40-21)20-13-41-25(32-20)15-5-8-34(9-6-15)23(35)12-39-22-10-17(4-7-31-22)26(28,29)30/h1-4,7,10,13,15,21H,5-6,8-9,11-12,14H2,(H,36,37,38)/p-1. The van der Waals surface area contributed by atoms with E-state index in [2.05, 4.69) is 10.1 Å². The second-order valence-electron chi connectivity index (χ2n) is 9.75. The van der Waals surface area contributed by atoms with Crippen molar-refractivity contribution in [3.63, 3.8) is 0 Å². The van der Waals surface area contributed by atoms with Crippen LogP contribution < -0.4 is 4.74 Å². The molecule has 224 valence electrons. The number of likely N-dealkylation sites (tertiary alicyclic amines) is 1. The Kier molecular flexibility index (Phi) is 8.73. The van der Waals surface area contributed by atoms with Crippen LogP contribution in [0.5, 0.6) is 5.88 Å². The normalized spacial score (nSPS) is 18.1. The van der Waals surface area contributed by atoms with Gasteiger partial charge in [-0.1, -0.05) is 28.9 Å². The molecule has 2 aromatic heterocycles. The van der Waals surface area contributed by atoms with Gasteiger partial charge in [0.15, 0.2) is 12.7 Å². The van der Waals surface area contributed by atoms with E-state index >= 15 is 0 Å². The smallest absolute Gasteiger partial charge is 0.416 e. The van der Waals surface area contributed by atoms with Gasteiger partial charge in [-0.15, -0.1) is 11.3 Å². The van der Waals surface area contributed by atoms with E-state index in [-0.39, 0.29) is 34.7 Å². The number of benzene rings is 1. The molecule has 1 unspecified atom stereocenters. The number of rotatable bonds is 8. The molecule has 0 saturated carbocycles. The fourth-order valence-electron chi connectivity index (χ4n) is 4.82. The van der Waals surface area contributed by atoms with Gasteiger partial charge in [0.2, 0.25) is 5.88 Å². The Morgan fingerprint density at radius 3 is 2.71 bits per heavy atom. The zero-order valence-corrected chi connectivity index (χ0v) is 24.1. The monoisotopic (exact) mass is 643 g/mol. The first-order chi connectivity index (χ1) is 19.9. The number of thiazole rings is 1. The number of ether oxygens (including phenoxy) is 1. The number of aromatic nitrogens is 2. The van der Waals surface area contributed by atoms with Crippen molar-refractivity contribution in [1.82, 2.24) is 14.9 Å². The van der Waals surface area contributed by atoms with Crippen molar-refractivity contribution in [3.05, 3.63) is 74.3 Å². The highest BCUT2D eigenvalue weighted by molar-refractivity contribution is 7.84. The first-order valence-electron chi connectivity index (χ1n) is 12.7. The second-order valence-corrected chi connectivity index (χ2v) is 12.4. The lowest BCUT2D eigenvalue weighted by molar-refractivity contribution is -0.137. The van der Waals surface area contributed by atoms with E-state index in [4.69, 9.17) is 26.2 Å². The Morgan fingerprint density at radius 1 is 1.24 bits per heavy atom. The van der Waals surface area contributed by atoms with Crippen LogP contribution in [0.2, 0.25) is 5.02 Å². The van der Waals surface area contributed by atoms with Crippen molar-refractivity contribution < 1.29 is 40.5 Å². The zero-order chi connectivity index (χ0) is 30.1. The third-order valence-corrected chi connectivity index (χ3v) is 8.89. The van der Waals surface area contributed by atoms with E-state index in [0.29, 0.717) is 42.9 Å². The molecule has 4 heterocycles. The van der Waals surface area contributed by atoms with Crippen LogP contribution in [-0.4, -0.2) is 59.2 Å². The molecule has 2 aliphatic heterocycles. The summed E-state index contributed by atoms with van der Waals surface area (Å²) in [6.07, 6.45) is -2.66. The topological polar surface area (TPSA) is 134 Å². The van der Waals surface area contributed by atoms with Gasteiger partial charge in [-0.3, -0.25) is 4.79 Å².